The van der Waals surface area contributed by atoms with Crippen LogP contribution in [0.4, 0.5) is 0 Å². The Kier molecular flexibility index (Phi) is 1.15. The molecule has 0 spiro atoms. The molecule has 0 unspecified atom stereocenters. The zero-order valence-electron chi connectivity index (χ0n) is 4.64. The van der Waals surface area contributed by atoms with Crippen LogP contribution in [-0.4, -0.2) is 5.94 Å². The van der Waals surface area contributed by atoms with Gasteiger partial charge in [-0.25, -0.2) is 4.79 Å². The Hall–Kier alpha value is -1.07. The summed E-state index contributed by atoms with van der Waals surface area (Å²) in [6, 6.07) is 0. The molecule has 0 fully saturated rings. The van der Waals surface area contributed by atoms with Crippen molar-refractivity contribution in [2.24, 2.45) is 0 Å². The van der Waals surface area contributed by atoms with E-state index in [-0.39, 0.29) is 0 Å². The van der Waals surface area contributed by atoms with E-state index >= 15 is 0 Å². The van der Waals surface area contributed by atoms with Crippen LogP contribution in [0.3, 0.4) is 0 Å². The van der Waals surface area contributed by atoms with E-state index < -0.39 is 0 Å². The molecular weight excluding hydrogens is 100 g/mol. The van der Waals surface area contributed by atoms with Crippen molar-refractivity contribution in [1.29, 1.82) is 0 Å². The van der Waals surface area contributed by atoms with Crippen LogP contribution in [0.15, 0.2) is 29.4 Å². The summed E-state index contributed by atoms with van der Waals surface area (Å²) < 4.78 is 0. The minimum atomic E-state index is 0.671. The quantitative estimate of drug-likeness (QED) is 0.425. The third kappa shape index (κ3) is 0.637. The maximum Gasteiger partial charge on any atom is 0.132 e. The Morgan fingerprint density at radius 1 is 1.62 bits per heavy atom. The number of hydrogen-bond acceptors (Lipinski definition) is 1. The summed E-state index contributed by atoms with van der Waals surface area (Å²) in [7, 11) is 0. The standard InChI is InChI=1S/C7H6O/c1-6-3-2-4-7(6)5-8/h2-4H,1H3. The van der Waals surface area contributed by atoms with E-state index in [1.165, 1.54) is 0 Å². The van der Waals surface area contributed by atoms with E-state index in [4.69, 9.17) is 0 Å². The van der Waals surface area contributed by atoms with Crippen molar-refractivity contribution in [3.8, 4) is 0 Å². The van der Waals surface area contributed by atoms with Gasteiger partial charge in [0.25, 0.3) is 0 Å². The zero-order valence-corrected chi connectivity index (χ0v) is 4.64. The minimum absolute atomic E-state index is 0.671. The first-order chi connectivity index (χ1) is 3.84. The van der Waals surface area contributed by atoms with Crippen LogP contribution in [0, 0.1) is 0 Å². The summed E-state index contributed by atoms with van der Waals surface area (Å²) in [5.74, 6) is 1.83. The highest BCUT2D eigenvalue weighted by molar-refractivity contribution is 5.68. The lowest BCUT2D eigenvalue weighted by Gasteiger charge is -1.83. The van der Waals surface area contributed by atoms with Crippen LogP contribution in [0.1, 0.15) is 6.92 Å². The molecule has 0 aliphatic heterocycles. The fourth-order valence-corrected chi connectivity index (χ4v) is 0.624. The van der Waals surface area contributed by atoms with Crippen LogP contribution in [0.25, 0.3) is 0 Å². The highest BCUT2D eigenvalue weighted by Gasteiger charge is 1.98. The van der Waals surface area contributed by atoms with Gasteiger partial charge in [0.05, 0.1) is 5.57 Å². The highest BCUT2D eigenvalue weighted by atomic mass is 16.1. The highest BCUT2D eigenvalue weighted by Crippen LogP contribution is 2.12. The molecule has 0 N–H and O–H groups in total. The second-order valence-electron chi connectivity index (χ2n) is 1.72. The van der Waals surface area contributed by atoms with Crippen molar-refractivity contribution in [2.75, 3.05) is 0 Å². The summed E-state index contributed by atoms with van der Waals surface area (Å²) in [4.78, 5) is 9.96. The lowest BCUT2D eigenvalue weighted by Crippen LogP contribution is -1.73. The van der Waals surface area contributed by atoms with E-state index in [0.717, 1.165) is 5.57 Å². The molecule has 0 amide bonds. The van der Waals surface area contributed by atoms with E-state index in [0.29, 0.717) is 5.57 Å². The van der Waals surface area contributed by atoms with Gasteiger partial charge in [-0.3, -0.25) is 0 Å². The molecular formula is C7H6O. The van der Waals surface area contributed by atoms with Crippen LogP contribution < -0.4 is 0 Å². The van der Waals surface area contributed by atoms with Crippen molar-refractivity contribution in [3.05, 3.63) is 29.4 Å². The molecule has 0 aromatic carbocycles. The largest absolute Gasteiger partial charge is 0.233 e. The van der Waals surface area contributed by atoms with Crippen molar-refractivity contribution in [2.45, 2.75) is 6.92 Å². The van der Waals surface area contributed by atoms with E-state index in [9.17, 15) is 4.79 Å². The molecule has 0 saturated carbocycles. The topological polar surface area (TPSA) is 17.1 Å². The van der Waals surface area contributed by atoms with Gasteiger partial charge in [-0.1, -0.05) is 12.2 Å². The van der Waals surface area contributed by atoms with E-state index in [1.54, 1.807) is 6.08 Å². The summed E-state index contributed by atoms with van der Waals surface area (Å²) in [5, 5.41) is 0. The molecule has 1 aliphatic carbocycles. The lowest BCUT2D eigenvalue weighted by molar-refractivity contribution is 0.568. The first-order valence-electron chi connectivity index (χ1n) is 2.45. The molecule has 1 nitrogen and oxygen atoms in total. The monoisotopic (exact) mass is 106 g/mol. The summed E-state index contributed by atoms with van der Waals surface area (Å²) in [6.45, 7) is 1.89. The molecule has 0 aromatic rings. The molecule has 0 heterocycles. The third-order valence-electron chi connectivity index (χ3n) is 1.14. The average molecular weight is 106 g/mol. The Morgan fingerprint density at radius 2 is 2.38 bits per heavy atom. The molecule has 40 valence electrons. The van der Waals surface area contributed by atoms with E-state index in [2.05, 4.69) is 0 Å². The van der Waals surface area contributed by atoms with Crippen LogP contribution >= 0.6 is 0 Å². The lowest BCUT2D eigenvalue weighted by atomic mass is 10.2. The Balaban J connectivity index is 3.05. The number of carbonyl (C=O) groups excluding carboxylic acids is 1. The Morgan fingerprint density at radius 3 is 2.62 bits per heavy atom. The maximum atomic E-state index is 9.96. The third-order valence-corrected chi connectivity index (χ3v) is 1.14. The van der Waals surface area contributed by atoms with Gasteiger partial charge in [0.15, 0.2) is 0 Å². The van der Waals surface area contributed by atoms with Gasteiger partial charge >= 0.3 is 0 Å². The summed E-state index contributed by atoms with van der Waals surface area (Å²) >= 11 is 0. The van der Waals surface area contributed by atoms with Crippen LogP contribution in [0.2, 0.25) is 0 Å². The number of hydrogen-bond donors (Lipinski definition) is 0. The van der Waals surface area contributed by atoms with Gasteiger partial charge in [-0.05, 0) is 18.6 Å². The molecule has 1 rings (SSSR count). The first-order valence-corrected chi connectivity index (χ1v) is 2.45. The van der Waals surface area contributed by atoms with Crippen molar-refractivity contribution in [1.82, 2.24) is 0 Å². The van der Waals surface area contributed by atoms with Gasteiger partial charge in [0.2, 0.25) is 0 Å². The van der Waals surface area contributed by atoms with Gasteiger partial charge in [0, 0.05) is 0 Å². The van der Waals surface area contributed by atoms with Gasteiger partial charge in [-0.2, -0.15) is 0 Å². The molecule has 0 radical (unpaired) electrons. The van der Waals surface area contributed by atoms with E-state index in [1.807, 2.05) is 25.0 Å². The van der Waals surface area contributed by atoms with Crippen LogP contribution in [-0.2, 0) is 4.79 Å². The normalized spacial score (nSPS) is 16.1. The molecule has 8 heavy (non-hydrogen) atoms. The summed E-state index contributed by atoms with van der Waals surface area (Å²) in [6.07, 6.45) is 5.48. The average Bonchev–Trinajstić information content (AvgIpc) is 2.14. The summed E-state index contributed by atoms with van der Waals surface area (Å²) in [5.41, 5.74) is 1.67. The fourth-order valence-electron chi connectivity index (χ4n) is 0.624. The predicted molar refractivity (Wildman–Crippen MR) is 32.1 cm³/mol. The van der Waals surface area contributed by atoms with Crippen molar-refractivity contribution >= 4 is 5.94 Å². The molecule has 0 bridgehead atoms. The number of allylic oxidation sites excluding steroid dienone is 5. The second-order valence-corrected chi connectivity index (χ2v) is 1.72. The first kappa shape index (κ1) is 5.07. The maximum absolute atomic E-state index is 9.96. The number of rotatable bonds is 0. The predicted octanol–water partition coefficient (Wildman–Crippen LogP) is 1.26. The van der Waals surface area contributed by atoms with Gasteiger partial charge < -0.3 is 0 Å². The van der Waals surface area contributed by atoms with Crippen molar-refractivity contribution in [3.63, 3.8) is 0 Å². The zero-order chi connectivity index (χ0) is 5.98. The van der Waals surface area contributed by atoms with Crippen LogP contribution in [0.5, 0.6) is 0 Å². The van der Waals surface area contributed by atoms with Crippen molar-refractivity contribution < 1.29 is 4.79 Å². The Bertz CT molecular complexity index is 202. The smallest absolute Gasteiger partial charge is 0.132 e. The molecule has 0 saturated heterocycles. The van der Waals surface area contributed by atoms with Gasteiger partial charge in [0.1, 0.15) is 5.94 Å². The molecule has 1 aliphatic rings. The SMILES string of the molecule is CC1=CC=CC1=C=O. The Labute approximate surface area is 48.0 Å². The minimum Gasteiger partial charge on any atom is -0.233 e. The molecule has 1 heteroatoms. The fraction of sp³-hybridized carbons (Fsp3) is 0.143. The molecule has 0 aromatic heterocycles. The second kappa shape index (κ2) is 1.81. The molecule has 0 atom stereocenters. The van der Waals surface area contributed by atoms with Gasteiger partial charge in [-0.15, -0.1) is 0 Å².